The van der Waals surface area contributed by atoms with Gasteiger partial charge in [-0.3, -0.25) is 14.5 Å². The molecule has 1 aliphatic heterocycles. The molecule has 6 heteroatoms. The van der Waals surface area contributed by atoms with E-state index in [9.17, 15) is 9.59 Å². The van der Waals surface area contributed by atoms with Gasteiger partial charge in [-0.25, -0.2) is 0 Å². The lowest BCUT2D eigenvalue weighted by Gasteiger charge is -2.40. The van der Waals surface area contributed by atoms with Crippen molar-refractivity contribution in [2.24, 2.45) is 0 Å². The third-order valence-corrected chi connectivity index (χ3v) is 6.20. The zero-order valence-electron chi connectivity index (χ0n) is 21.5. The van der Waals surface area contributed by atoms with Gasteiger partial charge < -0.3 is 14.8 Å². The van der Waals surface area contributed by atoms with Crippen molar-refractivity contribution >= 4 is 29.3 Å². The number of methoxy groups -OCH3 is 2. The molecule has 1 aliphatic rings. The minimum atomic E-state index is -0.634. The molecule has 0 saturated heterocycles. The molecule has 0 atom stereocenters. The zero-order valence-corrected chi connectivity index (χ0v) is 21.5. The van der Waals surface area contributed by atoms with Crippen molar-refractivity contribution in [1.29, 1.82) is 0 Å². The van der Waals surface area contributed by atoms with E-state index >= 15 is 0 Å². The fourth-order valence-corrected chi connectivity index (χ4v) is 4.44. The molecule has 2 amide bonds. The topological polar surface area (TPSA) is 67.9 Å². The summed E-state index contributed by atoms with van der Waals surface area (Å²) in [6.07, 6.45) is 3.63. The first kappa shape index (κ1) is 25.3. The van der Waals surface area contributed by atoms with Crippen LogP contribution in [0.3, 0.4) is 0 Å². The van der Waals surface area contributed by atoms with Gasteiger partial charge in [0.1, 0.15) is 17.9 Å². The molecular weight excluding hydrogens is 428 g/mol. The lowest BCUT2D eigenvalue weighted by molar-refractivity contribution is -0.125. The first-order valence-electron chi connectivity index (χ1n) is 11.7. The lowest BCUT2D eigenvalue weighted by Crippen LogP contribution is -2.49. The molecular formula is C28H36N2O4. The van der Waals surface area contributed by atoms with Gasteiger partial charge in [-0.1, -0.05) is 58.0 Å². The van der Waals surface area contributed by atoms with Crippen LogP contribution in [0.5, 0.6) is 11.5 Å². The number of benzene rings is 2. The van der Waals surface area contributed by atoms with Crippen LogP contribution in [-0.2, 0) is 9.59 Å². The Morgan fingerprint density at radius 3 is 2.15 bits per heavy atom. The molecule has 182 valence electrons. The minimum absolute atomic E-state index is 0.238. The van der Waals surface area contributed by atoms with Crippen molar-refractivity contribution in [3.8, 4) is 11.5 Å². The number of carbonyl (C=O) groups is 2. The van der Waals surface area contributed by atoms with Crippen LogP contribution in [0.2, 0.25) is 0 Å². The predicted molar refractivity (Wildman–Crippen MR) is 138 cm³/mol. The summed E-state index contributed by atoms with van der Waals surface area (Å²) in [5, 5.41) is 3.05. The molecule has 2 aromatic carbocycles. The molecule has 0 unspecified atom stereocenters. The normalized spacial score (nSPS) is 14.2. The summed E-state index contributed by atoms with van der Waals surface area (Å²) in [4.78, 5) is 28.4. The summed E-state index contributed by atoms with van der Waals surface area (Å²) in [5.41, 5.74) is 3.74. The highest BCUT2D eigenvalue weighted by molar-refractivity contribution is 6.12. The third-order valence-electron chi connectivity index (χ3n) is 6.20. The quantitative estimate of drug-likeness (QED) is 0.502. The van der Waals surface area contributed by atoms with E-state index in [1.54, 1.807) is 25.2 Å². The van der Waals surface area contributed by atoms with Crippen molar-refractivity contribution in [3.05, 3.63) is 53.1 Å². The van der Waals surface area contributed by atoms with Gasteiger partial charge in [0.15, 0.2) is 0 Å². The first-order valence-corrected chi connectivity index (χ1v) is 11.7. The smallest absolute Gasteiger partial charge is 0.237 e. The van der Waals surface area contributed by atoms with Gasteiger partial charge in [0.25, 0.3) is 0 Å². The molecule has 0 bridgehead atoms. The number of anilines is 2. The van der Waals surface area contributed by atoms with Crippen molar-refractivity contribution in [2.75, 3.05) is 24.4 Å². The van der Waals surface area contributed by atoms with Crippen LogP contribution in [0.15, 0.2) is 36.4 Å². The standard InChI is InChI=1S/C28H36N2O4/c1-17(2)21-10-9-11-22(18(3)4)26(21)29-24(31)16-25(32)30-27-19(12-13-28(30,5)6)14-20(33-7)15-23(27)34-8/h9-15,17-18H,16H2,1-8H3,(H,29,31). The molecule has 0 radical (unpaired) electrons. The summed E-state index contributed by atoms with van der Waals surface area (Å²) >= 11 is 0. The maximum absolute atomic E-state index is 13.6. The second-order valence-corrected chi connectivity index (χ2v) is 9.83. The van der Waals surface area contributed by atoms with Gasteiger partial charge in [0, 0.05) is 17.3 Å². The number of carbonyl (C=O) groups excluding carboxylic acids is 2. The number of ether oxygens (including phenoxy) is 2. The number of para-hydroxylation sites is 1. The molecule has 3 rings (SSSR count). The van der Waals surface area contributed by atoms with E-state index in [1.807, 2.05) is 50.3 Å². The molecule has 34 heavy (non-hydrogen) atoms. The highest BCUT2D eigenvalue weighted by atomic mass is 16.5. The van der Waals surface area contributed by atoms with E-state index in [0.717, 1.165) is 22.4 Å². The average Bonchev–Trinajstić information content (AvgIpc) is 2.77. The van der Waals surface area contributed by atoms with Crippen LogP contribution in [0.4, 0.5) is 11.4 Å². The van der Waals surface area contributed by atoms with Gasteiger partial charge in [0.2, 0.25) is 11.8 Å². The van der Waals surface area contributed by atoms with Crippen molar-refractivity contribution < 1.29 is 19.1 Å². The van der Waals surface area contributed by atoms with Crippen molar-refractivity contribution in [1.82, 2.24) is 0 Å². The van der Waals surface area contributed by atoms with Crippen LogP contribution in [0.1, 0.15) is 76.5 Å². The van der Waals surface area contributed by atoms with Crippen LogP contribution in [0, 0.1) is 0 Å². The largest absolute Gasteiger partial charge is 0.497 e. The van der Waals surface area contributed by atoms with Crippen molar-refractivity contribution in [3.63, 3.8) is 0 Å². The number of hydrogen-bond acceptors (Lipinski definition) is 4. The van der Waals surface area contributed by atoms with E-state index < -0.39 is 5.54 Å². The number of nitrogens with zero attached hydrogens (tertiary/aromatic N) is 1. The number of rotatable bonds is 7. The molecule has 0 spiro atoms. The lowest BCUT2D eigenvalue weighted by atomic mass is 9.92. The second-order valence-electron chi connectivity index (χ2n) is 9.83. The van der Waals surface area contributed by atoms with Gasteiger partial charge in [-0.2, -0.15) is 0 Å². The number of hydrogen-bond donors (Lipinski definition) is 1. The SMILES string of the molecule is COc1cc2c(c(OC)c1)N(C(=O)CC(=O)Nc1c(C(C)C)cccc1C(C)C)C(C)(C)C=C2. The van der Waals surface area contributed by atoms with E-state index in [1.165, 1.54) is 0 Å². The minimum Gasteiger partial charge on any atom is -0.497 e. The Balaban J connectivity index is 1.94. The molecule has 1 N–H and O–H groups in total. The number of amides is 2. The number of fused-ring (bicyclic) bond motifs is 1. The van der Waals surface area contributed by atoms with Gasteiger partial charge in [-0.15, -0.1) is 0 Å². The molecule has 6 nitrogen and oxygen atoms in total. The fraction of sp³-hybridized carbons (Fsp3) is 0.429. The average molecular weight is 465 g/mol. The molecule has 0 aromatic heterocycles. The third kappa shape index (κ3) is 4.96. The van der Waals surface area contributed by atoms with Crippen LogP contribution >= 0.6 is 0 Å². The fourth-order valence-electron chi connectivity index (χ4n) is 4.44. The Morgan fingerprint density at radius 2 is 1.62 bits per heavy atom. The highest BCUT2D eigenvalue weighted by Crippen LogP contribution is 2.44. The zero-order chi connectivity index (χ0) is 25.2. The first-order chi connectivity index (χ1) is 16.0. The van der Waals surface area contributed by atoms with Crippen LogP contribution in [-0.4, -0.2) is 31.6 Å². The van der Waals surface area contributed by atoms with E-state index in [-0.39, 0.29) is 30.1 Å². The molecule has 0 fully saturated rings. The number of nitrogens with one attached hydrogen (secondary N) is 1. The summed E-state index contributed by atoms with van der Waals surface area (Å²) in [7, 11) is 3.15. The molecule has 1 heterocycles. The van der Waals surface area contributed by atoms with Crippen LogP contribution in [0.25, 0.3) is 6.08 Å². The summed E-state index contributed by atoms with van der Waals surface area (Å²) in [6.45, 7) is 12.3. The van der Waals surface area contributed by atoms with E-state index in [0.29, 0.717) is 17.2 Å². The Labute approximate surface area is 202 Å². The Hall–Kier alpha value is -3.28. The molecule has 2 aromatic rings. The van der Waals surface area contributed by atoms with Gasteiger partial charge in [0.05, 0.1) is 25.4 Å². The maximum Gasteiger partial charge on any atom is 0.237 e. The van der Waals surface area contributed by atoms with Crippen LogP contribution < -0.4 is 19.7 Å². The van der Waals surface area contributed by atoms with Gasteiger partial charge >= 0.3 is 0 Å². The molecule has 0 saturated carbocycles. The monoisotopic (exact) mass is 464 g/mol. The molecule has 0 aliphatic carbocycles. The summed E-state index contributed by atoms with van der Waals surface area (Å²) < 4.78 is 11.0. The Kier molecular flexibility index (Phi) is 7.39. The maximum atomic E-state index is 13.6. The summed E-state index contributed by atoms with van der Waals surface area (Å²) in [6, 6.07) is 9.69. The Morgan fingerprint density at radius 1 is 1.00 bits per heavy atom. The van der Waals surface area contributed by atoms with Crippen molar-refractivity contribution in [2.45, 2.75) is 65.3 Å². The predicted octanol–water partition coefficient (Wildman–Crippen LogP) is 6.12. The Bertz CT molecular complexity index is 1090. The van der Waals surface area contributed by atoms with E-state index in [2.05, 4.69) is 33.0 Å². The van der Waals surface area contributed by atoms with Gasteiger partial charge in [-0.05, 0) is 42.9 Å². The second kappa shape index (κ2) is 9.92. The van der Waals surface area contributed by atoms with E-state index in [4.69, 9.17) is 9.47 Å². The highest BCUT2D eigenvalue weighted by Gasteiger charge is 2.37. The summed E-state index contributed by atoms with van der Waals surface area (Å²) in [5.74, 6) is 0.998.